The lowest BCUT2D eigenvalue weighted by Gasteiger charge is -2.11. The van der Waals surface area contributed by atoms with Gasteiger partial charge in [-0.05, 0) is 29.8 Å². The summed E-state index contributed by atoms with van der Waals surface area (Å²) >= 11 is 0. The van der Waals surface area contributed by atoms with E-state index in [-0.39, 0.29) is 0 Å². The molecule has 2 heterocycles. The van der Waals surface area contributed by atoms with E-state index in [1.165, 1.54) is 0 Å². The molecule has 0 unspecified atom stereocenters. The van der Waals surface area contributed by atoms with Gasteiger partial charge in [0.25, 0.3) is 0 Å². The summed E-state index contributed by atoms with van der Waals surface area (Å²) < 4.78 is 12.4. The van der Waals surface area contributed by atoms with Crippen molar-refractivity contribution < 1.29 is 9.47 Å². The van der Waals surface area contributed by atoms with Crippen LogP contribution < -0.4 is 14.8 Å². The molecular formula is C18H20N4O2. The number of ether oxygens (including phenoxy) is 2. The van der Waals surface area contributed by atoms with Crippen LogP contribution in [-0.4, -0.2) is 29.0 Å². The minimum Gasteiger partial charge on any atom is -0.497 e. The Morgan fingerprint density at radius 2 is 1.96 bits per heavy atom. The fraction of sp³-hybridized carbons (Fsp3) is 0.222. The van der Waals surface area contributed by atoms with Crippen LogP contribution in [-0.2, 0) is 13.1 Å². The molecule has 1 N–H and O–H groups in total. The van der Waals surface area contributed by atoms with Crippen molar-refractivity contribution in [1.82, 2.24) is 20.1 Å². The molecule has 3 aromatic rings. The molecule has 0 fully saturated rings. The zero-order chi connectivity index (χ0) is 16.8. The van der Waals surface area contributed by atoms with E-state index in [1.54, 1.807) is 31.3 Å². The van der Waals surface area contributed by atoms with Crippen LogP contribution in [0.15, 0.2) is 55.0 Å². The van der Waals surface area contributed by atoms with Crippen LogP contribution in [0.25, 0.3) is 5.82 Å². The van der Waals surface area contributed by atoms with Crippen molar-refractivity contribution in [2.24, 2.45) is 0 Å². The quantitative estimate of drug-likeness (QED) is 0.724. The second kappa shape index (κ2) is 7.61. The third-order valence-electron chi connectivity index (χ3n) is 3.69. The van der Waals surface area contributed by atoms with Crippen LogP contribution in [0.5, 0.6) is 11.5 Å². The maximum atomic E-state index is 5.42. The molecule has 0 atom stereocenters. The lowest BCUT2D eigenvalue weighted by molar-refractivity contribution is 0.390. The zero-order valence-electron chi connectivity index (χ0n) is 13.8. The molecule has 0 aliphatic carbocycles. The number of hydrogen-bond acceptors (Lipinski definition) is 5. The van der Waals surface area contributed by atoms with Gasteiger partial charge in [0.1, 0.15) is 11.5 Å². The number of methoxy groups -OCH3 is 2. The number of rotatable bonds is 7. The highest BCUT2D eigenvalue weighted by Gasteiger charge is 2.05. The van der Waals surface area contributed by atoms with Gasteiger partial charge in [0.15, 0.2) is 5.82 Å². The summed E-state index contributed by atoms with van der Waals surface area (Å²) in [5.74, 6) is 2.41. The molecule has 0 aliphatic heterocycles. The Morgan fingerprint density at radius 3 is 2.71 bits per heavy atom. The van der Waals surface area contributed by atoms with E-state index < -0.39 is 0 Å². The Balaban J connectivity index is 1.64. The van der Waals surface area contributed by atoms with Gasteiger partial charge in [0, 0.05) is 43.3 Å². The minimum atomic E-state index is 0.701. The van der Waals surface area contributed by atoms with E-state index >= 15 is 0 Å². The average molecular weight is 324 g/mol. The van der Waals surface area contributed by atoms with Gasteiger partial charge in [-0.15, -0.1) is 0 Å². The van der Waals surface area contributed by atoms with Gasteiger partial charge in [0.2, 0.25) is 0 Å². The normalized spacial score (nSPS) is 10.6. The molecule has 0 aliphatic rings. The van der Waals surface area contributed by atoms with E-state index in [0.717, 1.165) is 35.0 Å². The minimum absolute atomic E-state index is 0.701. The third-order valence-corrected chi connectivity index (χ3v) is 3.69. The summed E-state index contributed by atoms with van der Waals surface area (Å²) in [4.78, 5) is 4.33. The van der Waals surface area contributed by atoms with Crippen molar-refractivity contribution in [1.29, 1.82) is 0 Å². The number of benzene rings is 1. The standard InChI is InChI=1S/C18H20N4O2/c1-23-16-5-4-15(17(11-16)24-2)13-19-12-14-6-8-20-18(10-14)22-9-3-7-21-22/h3-11,19H,12-13H2,1-2H3. The van der Waals surface area contributed by atoms with Crippen LogP contribution >= 0.6 is 0 Å². The Labute approximate surface area is 141 Å². The first-order valence-corrected chi connectivity index (χ1v) is 7.66. The summed E-state index contributed by atoms with van der Waals surface area (Å²) in [7, 11) is 3.31. The first-order chi connectivity index (χ1) is 11.8. The molecule has 0 saturated carbocycles. The summed E-state index contributed by atoms with van der Waals surface area (Å²) in [5, 5.41) is 7.62. The second-order valence-corrected chi connectivity index (χ2v) is 5.25. The van der Waals surface area contributed by atoms with E-state index in [9.17, 15) is 0 Å². The molecule has 6 nitrogen and oxygen atoms in total. The summed E-state index contributed by atoms with van der Waals surface area (Å²) in [6.07, 6.45) is 5.41. The van der Waals surface area contributed by atoms with Crippen LogP contribution in [0, 0.1) is 0 Å². The Kier molecular flexibility index (Phi) is 5.08. The Bertz CT molecular complexity index is 787. The molecule has 2 aromatic heterocycles. The fourth-order valence-electron chi connectivity index (χ4n) is 2.44. The molecule has 0 spiro atoms. The van der Waals surface area contributed by atoms with Gasteiger partial charge in [-0.3, -0.25) is 0 Å². The van der Waals surface area contributed by atoms with Gasteiger partial charge >= 0.3 is 0 Å². The smallest absolute Gasteiger partial charge is 0.153 e. The molecule has 0 bridgehead atoms. The van der Waals surface area contributed by atoms with Crippen LogP contribution in [0.1, 0.15) is 11.1 Å². The molecule has 3 rings (SSSR count). The predicted octanol–water partition coefficient (Wildman–Crippen LogP) is 2.57. The lowest BCUT2D eigenvalue weighted by atomic mass is 10.2. The van der Waals surface area contributed by atoms with Gasteiger partial charge in [-0.25, -0.2) is 9.67 Å². The van der Waals surface area contributed by atoms with Crippen LogP contribution in [0.3, 0.4) is 0 Å². The molecule has 124 valence electrons. The molecule has 6 heteroatoms. The van der Waals surface area contributed by atoms with Gasteiger partial charge in [0.05, 0.1) is 14.2 Å². The first kappa shape index (κ1) is 16.0. The van der Waals surface area contributed by atoms with Crippen molar-refractivity contribution in [3.63, 3.8) is 0 Å². The summed E-state index contributed by atoms with van der Waals surface area (Å²) in [6.45, 7) is 1.43. The van der Waals surface area contributed by atoms with Crippen LogP contribution in [0.4, 0.5) is 0 Å². The Morgan fingerprint density at radius 1 is 1.04 bits per heavy atom. The number of aromatic nitrogens is 3. The van der Waals surface area contributed by atoms with Crippen molar-refractivity contribution >= 4 is 0 Å². The van der Waals surface area contributed by atoms with Crippen molar-refractivity contribution in [3.8, 4) is 17.3 Å². The molecule has 0 amide bonds. The third kappa shape index (κ3) is 3.72. The van der Waals surface area contributed by atoms with Crippen LogP contribution in [0.2, 0.25) is 0 Å². The van der Waals surface area contributed by atoms with E-state index in [0.29, 0.717) is 6.54 Å². The van der Waals surface area contributed by atoms with Gasteiger partial charge in [-0.1, -0.05) is 6.07 Å². The Hall–Kier alpha value is -2.86. The number of pyridine rings is 1. The van der Waals surface area contributed by atoms with Crippen molar-refractivity contribution in [3.05, 3.63) is 66.1 Å². The average Bonchev–Trinajstić information content (AvgIpc) is 3.17. The van der Waals surface area contributed by atoms with Gasteiger partial charge in [-0.2, -0.15) is 5.10 Å². The highest BCUT2D eigenvalue weighted by Crippen LogP contribution is 2.24. The van der Waals surface area contributed by atoms with Gasteiger partial charge < -0.3 is 14.8 Å². The van der Waals surface area contributed by atoms with Crippen molar-refractivity contribution in [2.45, 2.75) is 13.1 Å². The molecule has 0 saturated heterocycles. The largest absolute Gasteiger partial charge is 0.497 e. The molecule has 1 aromatic carbocycles. The number of nitrogens with one attached hydrogen (secondary N) is 1. The molecular weight excluding hydrogens is 304 g/mol. The molecule has 0 radical (unpaired) electrons. The van der Waals surface area contributed by atoms with Crippen molar-refractivity contribution in [2.75, 3.05) is 14.2 Å². The zero-order valence-corrected chi connectivity index (χ0v) is 13.8. The monoisotopic (exact) mass is 324 g/mol. The fourth-order valence-corrected chi connectivity index (χ4v) is 2.44. The summed E-state index contributed by atoms with van der Waals surface area (Å²) in [6, 6.07) is 11.7. The number of hydrogen-bond donors (Lipinski definition) is 1. The van der Waals surface area contributed by atoms with E-state index in [4.69, 9.17) is 9.47 Å². The SMILES string of the molecule is COc1ccc(CNCc2ccnc(-n3cccn3)c2)c(OC)c1. The lowest BCUT2D eigenvalue weighted by Crippen LogP contribution is -2.14. The second-order valence-electron chi connectivity index (χ2n) is 5.25. The van der Waals surface area contributed by atoms with E-state index in [2.05, 4.69) is 15.4 Å². The predicted molar refractivity (Wildman–Crippen MR) is 91.4 cm³/mol. The summed E-state index contributed by atoms with van der Waals surface area (Å²) in [5.41, 5.74) is 2.22. The molecule has 24 heavy (non-hydrogen) atoms. The highest BCUT2D eigenvalue weighted by molar-refractivity contribution is 5.40. The number of nitrogens with zero attached hydrogens (tertiary/aromatic N) is 3. The first-order valence-electron chi connectivity index (χ1n) is 7.66. The maximum absolute atomic E-state index is 5.42. The maximum Gasteiger partial charge on any atom is 0.153 e. The topological polar surface area (TPSA) is 61.2 Å². The van der Waals surface area contributed by atoms with E-state index in [1.807, 2.05) is 42.6 Å². The highest BCUT2D eigenvalue weighted by atomic mass is 16.5.